The van der Waals surface area contributed by atoms with Crippen molar-refractivity contribution < 1.29 is 14.2 Å². The number of rotatable bonds is 6. The Labute approximate surface area is 114 Å². The van der Waals surface area contributed by atoms with E-state index in [0.29, 0.717) is 12.5 Å². The zero-order valence-electron chi connectivity index (χ0n) is 11.9. The van der Waals surface area contributed by atoms with Gasteiger partial charge < -0.3 is 19.9 Å². The summed E-state index contributed by atoms with van der Waals surface area (Å²) in [5.74, 6) is 3.04. The fourth-order valence-electron chi connectivity index (χ4n) is 2.01. The van der Waals surface area contributed by atoms with Gasteiger partial charge in [0.2, 0.25) is 6.79 Å². The molecular weight excluding hydrogens is 242 g/mol. The van der Waals surface area contributed by atoms with Gasteiger partial charge in [0, 0.05) is 12.1 Å². The van der Waals surface area contributed by atoms with E-state index in [4.69, 9.17) is 19.9 Å². The lowest BCUT2D eigenvalue weighted by Gasteiger charge is -2.15. The summed E-state index contributed by atoms with van der Waals surface area (Å²) in [4.78, 5) is 0. The van der Waals surface area contributed by atoms with Crippen LogP contribution in [0.5, 0.6) is 17.2 Å². The van der Waals surface area contributed by atoms with Crippen molar-refractivity contribution in [2.75, 3.05) is 13.4 Å². The van der Waals surface area contributed by atoms with Crippen molar-refractivity contribution in [3.63, 3.8) is 0 Å². The zero-order chi connectivity index (χ0) is 13.8. The van der Waals surface area contributed by atoms with Crippen molar-refractivity contribution in [2.24, 2.45) is 11.7 Å². The molecule has 0 aliphatic carbocycles. The maximum Gasteiger partial charge on any atom is 0.231 e. The first-order valence-electron chi connectivity index (χ1n) is 6.87. The standard InChI is InChI=1S/C15H23NO3/c1-10(2)4-5-17-13-8-15-14(18-9-19-15)7-12(13)6-11(3)16/h7-8,10-11H,4-6,9,16H2,1-3H3. The molecule has 0 fully saturated rings. The molecule has 4 nitrogen and oxygen atoms in total. The van der Waals surface area contributed by atoms with E-state index >= 15 is 0 Å². The highest BCUT2D eigenvalue weighted by atomic mass is 16.7. The first-order valence-corrected chi connectivity index (χ1v) is 6.87. The molecule has 1 aromatic carbocycles. The van der Waals surface area contributed by atoms with Crippen LogP contribution in [0.15, 0.2) is 12.1 Å². The molecule has 2 rings (SSSR count). The molecule has 19 heavy (non-hydrogen) atoms. The van der Waals surface area contributed by atoms with Crippen LogP contribution in [-0.4, -0.2) is 19.4 Å². The van der Waals surface area contributed by atoms with Crippen LogP contribution in [0.1, 0.15) is 32.8 Å². The summed E-state index contributed by atoms with van der Waals surface area (Å²) in [5, 5.41) is 0. The summed E-state index contributed by atoms with van der Waals surface area (Å²) in [6.45, 7) is 7.35. The summed E-state index contributed by atoms with van der Waals surface area (Å²) >= 11 is 0. The number of ether oxygens (including phenoxy) is 3. The second kappa shape index (κ2) is 6.15. The van der Waals surface area contributed by atoms with Gasteiger partial charge in [0.25, 0.3) is 0 Å². The van der Waals surface area contributed by atoms with Crippen LogP contribution >= 0.6 is 0 Å². The van der Waals surface area contributed by atoms with Crippen molar-refractivity contribution in [3.05, 3.63) is 17.7 Å². The molecule has 1 aliphatic rings. The maximum absolute atomic E-state index is 5.89. The molecule has 0 spiro atoms. The van der Waals surface area contributed by atoms with E-state index in [1.165, 1.54) is 0 Å². The van der Waals surface area contributed by atoms with Gasteiger partial charge in [-0.3, -0.25) is 0 Å². The minimum atomic E-state index is 0.0906. The minimum Gasteiger partial charge on any atom is -0.493 e. The molecule has 1 atom stereocenters. The SMILES string of the molecule is CC(C)CCOc1cc2c(cc1CC(C)N)OCO2. The Balaban J connectivity index is 2.14. The average molecular weight is 265 g/mol. The van der Waals surface area contributed by atoms with E-state index in [2.05, 4.69) is 13.8 Å². The summed E-state index contributed by atoms with van der Waals surface area (Å²) < 4.78 is 16.7. The number of nitrogens with two attached hydrogens (primary N) is 1. The molecular formula is C15H23NO3. The fourth-order valence-corrected chi connectivity index (χ4v) is 2.01. The Hall–Kier alpha value is -1.42. The topological polar surface area (TPSA) is 53.7 Å². The van der Waals surface area contributed by atoms with E-state index in [-0.39, 0.29) is 12.8 Å². The largest absolute Gasteiger partial charge is 0.493 e. The number of hydrogen-bond acceptors (Lipinski definition) is 4. The molecule has 0 saturated carbocycles. The molecule has 4 heteroatoms. The monoisotopic (exact) mass is 265 g/mol. The maximum atomic E-state index is 5.89. The highest BCUT2D eigenvalue weighted by molar-refractivity contribution is 5.52. The summed E-state index contributed by atoms with van der Waals surface area (Å²) in [6, 6.07) is 3.99. The zero-order valence-corrected chi connectivity index (χ0v) is 11.9. The second-order valence-electron chi connectivity index (χ2n) is 5.53. The number of fused-ring (bicyclic) bond motifs is 1. The molecule has 1 aromatic rings. The predicted molar refractivity (Wildman–Crippen MR) is 74.9 cm³/mol. The summed E-state index contributed by atoms with van der Waals surface area (Å²) in [5.41, 5.74) is 6.97. The first kappa shape index (κ1) is 14.0. The molecule has 0 radical (unpaired) electrons. The van der Waals surface area contributed by atoms with Crippen molar-refractivity contribution in [3.8, 4) is 17.2 Å². The van der Waals surface area contributed by atoms with Gasteiger partial charge in [0.1, 0.15) is 5.75 Å². The summed E-state index contributed by atoms with van der Waals surface area (Å²) in [6.07, 6.45) is 1.81. The smallest absolute Gasteiger partial charge is 0.231 e. The third kappa shape index (κ3) is 3.77. The minimum absolute atomic E-state index is 0.0906. The van der Waals surface area contributed by atoms with E-state index in [9.17, 15) is 0 Å². The fraction of sp³-hybridized carbons (Fsp3) is 0.600. The van der Waals surface area contributed by atoms with Crippen molar-refractivity contribution in [1.29, 1.82) is 0 Å². The molecule has 2 N–H and O–H groups in total. The Morgan fingerprint density at radius 2 is 1.89 bits per heavy atom. The van der Waals surface area contributed by atoms with Crippen LogP contribution in [0.3, 0.4) is 0 Å². The van der Waals surface area contributed by atoms with Gasteiger partial charge in [-0.2, -0.15) is 0 Å². The van der Waals surface area contributed by atoms with Gasteiger partial charge in [0.05, 0.1) is 6.61 Å². The highest BCUT2D eigenvalue weighted by Crippen LogP contribution is 2.38. The van der Waals surface area contributed by atoms with Crippen LogP contribution in [0.4, 0.5) is 0 Å². The first-order chi connectivity index (χ1) is 9.06. The molecule has 106 valence electrons. The van der Waals surface area contributed by atoms with Crippen LogP contribution in [0, 0.1) is 5.92 Å². The van der Waals surface area contributed by atoms with E-state index in [1.807, 2.05) is 19.1 Å². The quantitative estimate of drug-likeness (QED) is 0.859. The van der Waals surface area contributed by atoms with Gasteiger partial charge in [-0.15, -0.1) is 0 Å². The van der Waals surface area contributed by atoms with Crippen LogP contribution in [0.2, 0.25) is 0 Å². The third-order valence-electron chi connectivity index (χ3n) is 3.05. The lowest BCUT2D eigenvalue weighted by molar-refractivity contribution is 0.173. The predicted octanol–water partition coefficient (Wildman–Crippen LogP) is 2.73. The van der Waals surface area contributed by atoms with E-state index in [0.717, 1.165) is 35.7 Å². The molecule has 0 saturated heterocycles. The lowest BCUT2D eigenvalue weighted by Crippen LogP contribution is -2.18. The molecule has 1 heterocycles. The van der Waals surface area contributed by atoms with Crippen molar-refractivity contribution in [2.45, 2.75) is 39.7 Å². The highest BCUT2D eigenvalue weighted by Gasteiger charge is 2.18. The lowest BCUT2D eigenvalue weighted by atomic mass is 10.1. The Bertz CT molecular complexity index is 430. The summed E-state index contributed by atoms with van der Waals surface area (Å²) in [7, 11) is 0. The normalized spacial score (nSPS) is 14.8. The molecule has 1 unspecified atom stereocenters. The van der Waals surface area contributed by atoms with Crippen molar-refractivity contribution in [1.82, 2.24) is 0 Å². The van der Waals surface area contributed by atoms with Crippen LogP contribution < -0.4 is 19.9 Å². The van der Waals surface area contributed by atoms with Crippen molar-refractivity contribution >= 4 is 0 Å². The van der Waals surface area contributed by atoms with Gasteiger partial charge >= 0.3 is 0 Å². The van der Waals surface area contributed by atoms with Crippen LogP contribution in [-0.2, 0) is 6.42 Å². The number of benzene rings is 1. The third-order valence-corrected chi connectivity index (χ3v) is 3.05. The second-order valence-corrected chi connectivity index (χ2v) is 5.53. The Morgan fingerprint density at radius 3 is 2.53 bits per heavy atom. The Kier molecular flexibility index (Phi) is 4.53. The molecule has 0 aromatic heterocycles. The Morgan fingerprint density at radius 1 is 1.21 bits per heavy atom. The molecule has 1 aliphatic heterocycles. The van der Waals surface area contributed by atoms with Gasteiger partial charge in [-0.05, 0) is 37.3 Å². The number of hydrogen-bond donors (Lipinski definition) is 1. The van der Waals surface area contributed by atoms with Crippen LogP contribution in [0.25, 0.3) is 0 Å². The molecule has 0 amide bonds. The van der Waals surface area contributed by atoms with Gasteiger partial charge in [0.15, 0.2) is 11.5 Å². The van der Waals surface area contributed by atoms with Gasteiger partial charge in [-0.25, -0.2) is 0 Å². The van der Waals surface area contributed by atoms with Gasteiger partial charge in [-0.1, -0.05) is 13.8 Å². The molecule has 0 bridgehead atoms. The van der Waals surface area contributed by atoms with E-state index in [1.54, 1.807) is 0 Å². The van der Waals surface area contributed by atoms with E-state index < -0.39 is 0 Å². The average Bonchev–Trinajstić information content (AvgIpc) is 2.75.